The van der Waals surface area contributed by atoms with E-state index in [1.807, 2.05) is 7.11 Å². The first kappa shape index (κ1) is 21.9. The maximum atomic E-state index is 11.7. The summed E-state index contributed by atoms with van der Waals surface area (Å²) in [5.74, 6) is 1.49. The molecule has 0 aromatic heterocycles. The molecule has 0 N–H and O–H groups in total. The van der Waals surface area contributed by atoms with E-state index in [1.54, 1.807) is 0 Å². The SMILES string of the molecule is COC[C@]12CC[C@H](OC(C)=O)CC1=C(C)C[C@@H]1[C@@H]2CC[C@]2(C)[C@@H](OC(C)=O)CC[C@@H]12. The van der Waals surface area contributed by atoms with E-state index in [0.29, 0.717) is 17.8 Å². The summed E-state index contributed by atoms with van der Waals surface area (Å²) in [6.45, 7) is 8.46. The molecule has 168 valence electrons. The van der Waals surface area contributed by atoms with E-state index < -0.39 is 0 Å². The predicted molar refractivity (Wildman–Crippen MR) is 114 cm³/mol. The highest BCUT2D eigenvalue weighted by Crippen LogP contribution is 2.66. The topological polar surface area (TPSA) is 61.8 Å². The Labute approximate surface area is 180 Å². The second kappa shape index (κ2) is 7.96. The fourth-order valence-corrected chi connectivity index (χ4v) is 8.05. The van der Waals surface area contributed by atoms with Crippen LogP contribution in [-0.4, -0.2) is 37.9 Å². The third kappa shape index (κ3) is 3.41. The second-order valence-corrected chi connectivity index (χ2v) is 10.6. The van der Waals surface area contributed by atoms with E-state index in [9.17, 15) is 9.59 Å². The van der Waals surface area contributed by atoms with Crippen molar-refractivity contribution < 1.29 is 23.8 Å². The first-order valence-electron chi connectivity index (χ1n) is 11.7. The molecule has 0 unspecified atom stereocenters. The predicted octanol–water partition coefficient (Wildman–Crippen LogP) is 4.83. The molecule has 0 aliphatic heterocycles. The summed E-state index contributed by atoms with van der Waals surface area (Å²) < 4.78 is 17.3. The van der Waals surface area contributed by atoms with Gasteiger partial charge in [-0.15, -0.1) is 0 Å². The Kier molecular flexibility index (Phi) is 5.80. The van der Waals surface area contributed by atoms with Crippen LogP contribution in [0.25, 0.3) is 0 Å². The van der Waals surface area contributed by atoms with E-state index in [2.05, 4.69) is 13.8 Å². The molecule has 7 atom stereocenters. The van der Waals surface area contributed by atoms with Gasteiger partial charge in [-0.1, -0.05) is 18.1 Å². The molecule has 3 fully saturated rings. The minimum atomic E-state index is -0.179. The number of allylic oxidation sites excluding steroid dienone is 1. The van der Waals surface area contributed by atoms with E-state index in [0.717, 1.165) is 58.0 Å². The number of methoxy groups -OCH3 is 1. The lowest BCUT2D eigenvalue weighted by atomic mass is 9.46. The Hall–Kier alpha value is -1.36. The molecule has 4 aliphatic rings. The minimum absolute atomic E-state index is 0.00247. The van der Waals surface area contributed by atoms with Crippen molar-refractivity contribution >= 4 is 11.9 Å². The standard InChI is InChI=1S/C25H38O5/c1-15-12-19-20-6-7-23(30-17(3)27)24(20,4)10-9-21(19)25(14-28-5)11-8-18(13-22(15)25)29-16(2)26/h18-21,23H,6-14H2,1-5H3/t18-,19-,20-,21-,23-,24-,25-/m0/s1. The summed E-state index contributed by atoms with van der Waals surface area (Å²) in [5, 5.41) is 0. The number of ether oxygens (including phenoxy) is 3. The van der Waals surface area contributed by atoms with Crippen molar-refractivity contribution in [2.24, 2.45) is 28.6 Å². The van der Waals surface area contributed by atoms with Gasteiger partial charge in [0.25, 0.3) is 0 Å². The fraction of sp³-hybridized carbons (Fsp3) is 0.840. The number of carbonyl (C=O) groups excluding carboxylic acids is 2. The molecule has 0 bridgehead atoms. The normalized spacial score (nSPS) is 42.8. The molecule has 0 aromatic carbocycles. The maximum Gasteiger partial charge on any atom is 0.302 e. The second-order valence-electron chi connectivity index (χ2n) is 10.6. The van der Waals surface area contributed by atoms with Crippen LogP contribution < -0.4 is 0 Å². The molecule has 3 saturated carbocycles. The molecule has 0 heterocycles. The van der Waals surface area contributed by atoms with Gasteiger partial charge in [-0.25, -0.2) is 0 Å². The molecule has 0 radical (unpaired) electrons. The molecule has 30 heavy (non-hydrogen) atoms. The van der Waals surface area contributed by atoms with Crippen molar-refractivity contribution in [3.8, 4) is 0 Å². The molecular weight excluding hydrogens is 380 g/mol. The van der Waals surface area contributed by atoms with Crippen molar-refractivity contribution in [1.82, 2.24) is 0 Å². The van der Waals surface area contributed by atoms with Gasteiger partial charge in [0.05, 0.1) is 6.61 Å². The molecule has 0 spiro atoms. The fourth-order valence-electron chi connectivity index (χ4n) is 8.05. The zero-order valence-electron chi connectivity index (χ0n) is 19.3. The van der Waals surface area contributed by atoms with Gasteiger partial charge in [-0.3, -0.25) is 9.59 Å². The molecule has 4 aliphatic carbocycles. The summed E-state index contributed by atoms with van der Waals surface area (Å²) in [5.41, 5.74) is 3.14. The van der Waals surface area contributed by atoms with Crippen molar-refractivity contribution in [1.29, 1.82) is 0 Å². The van der Waals surface area contributed by atoms with Crippen molar-refractivity contribution in [2.45, 2.75) is 91.3 Å². The van der Waals surface area contributed by atoms with Crippen LogP contribution in [-0.2, 0) is 23.8 Å². The van der Waals surface area contributed by atoms with Crippen LogP contribution in [0.5, 0.6) is 0 Å². The van der Waals surface area contributed by atoms with Crippen LogP contribution in [0.4, 0.5) is 0 Å². The highest BCUT2D eigenvalue weighted by atomic mass is 16.5. The van der Waals surface area contributed by atoms with Crippen molar-refractivity contribution in [2.75, 3.05) is 13.7 Å². The Bertz CT molecular complexity index is 742. The first-order valence-corrected chi connectivity index (χ1v) is 11.7. The largest absolute Gasteiger partial charge is 0.462 e. The molecular formula is C25H38O5. The average molecular weight is 419 g/mol. The lowest BCUT2D eigenvalue weighted by Gasteiger charge is -2.59. The number of esters is 2. The van der Waals surface area contributed by atoms with Crippen LogP contribution in [0, 0.1) is 28.6 Å². The average Bonchev–Trinajstić information content (AvgIpc) is 2.99. The van der Waals surface area contributed by atoms with E-state index in [4.69, 9.17) is 14.2 Å². The Balaban J connectivity index is 1.66. The smallest absolute Gasteiger partial charge is 0.302 e. The van der Waals surface area contributed by atoms with Crippen LogP contribution in [0.2, 0.25) is 0 Å². The van der Waals surface area contributed by atoms with E-state index in [1.165, 1.54) is 25.0 Å². The summed E-state index contributed by atoms with van der Waals surface area (Å²) in [4.78, 5) is 23.3. The minimum Gasteiger partial charge on any atom is -0.462 e. The van der Waals surface area contributed by atoms with Gasteiger partial charge in [-0.05, 0) is 69.6 Å². The van der Waals surface area contributed by atoms with Gasteiger partial charge in [-0.2, -0.15) is 0 Å². The van der Waals surface area contributed by atoms with Gasteiger partial charge in [0.15, 0.2) is 0 Å². The van der Waals surface area contributed by atoms with Crippen molar-refractivity contribution in [3.05, 3.63) is 11.1 Å². The lowest BCUT2D eigenvalue weighted by Crippen LogP contribution is -2.54. The van der Waals surface area contributed by atoms with E-state index in [-0.39, 0.29) is 35.0 Å². The number of hydrogen-bond acceptors (Lipinski definition) is 5. The first-order chi connectivity index (χ1) is 14.2. The summed E-state index contributed by atoms with van der Waals surface area (Å²) in [7, 11) is 1.82. The summed E-state index contributed by atoms with van der Waals surface area (Å²) in [6, 6.07) is 0. The van der Waals surface area contributed by atoms with Crippen LogP contribution in [0.3, 0.4) is 0 Å². The van der Waals surface area contributed by atoms with E-state index >= 15 is 0 Å². The number of carbonyl (C=O) groups is 2. The zero-order chi connectivity index (χ0) is 21.7. The summed E-state index contributed by atoms with van der Waals surface area (Å²) >= 11 is 0. The molecule has 0 saturated heterocycles. The quantitative estimate of drug-likeness (QED) is 0.483. The summed E-state index contributed by atoms with van der Waals surface area (Å²) in [6.07, 6.45) is 8.40. The van der Waals surface area contributed by atoms with Gasteiger partial charge in [0, 0.05) is 38.2 Å². The van der Waals surface area contributed by atoms with Gasteiger partial charge in [0.1, 0.15) is 12.2 Å². The molecule has 5 heteroatoms. The lowest BCUT2D eigenvalue weighted by molar-refractivity contribution is -0.158. The van der Waals surface area contributed by atoms with Gasteiger partial charge >= 0.3 is 11.9 Å². The number of hydrogen-bond donors (Lipinski definition) is 0. The van der Waals surface area contributed by atoms with Crippen LogP contribution >= 0.6 is 0 Å². The number of fused-ring (bicyclic) bond motifs is 5. The molecule has 4 rings (SSSR count). The van der Waals surface area contributed by atoms with Crippen LogP contribution in [0.15, 0.2) is 11.1 Å². The third-order valence-corrected chi connectivity index (χ3v) is 9.10. The highest BCUT2D eigenvalue weighted by Gasteiger charge is 2.61. The monoisotopic (exact) mass is 418 g/mol. The molecule has 0 aromatic rings. The van der Waals surface area contributed by atoms with Gasteiger partial charge in [0.2, 0.25) is 0 Å². The van der Waals surface area contributed by atoms with Crippen molar-refractivity contribution in [3.63, 3.8) is 0 Å². The Morgan fingerprint density at radius 3 is 2.37 bits per heavy atom. The molecule has 0 amide bonds. The number of rotatable bonds is 4. The zero-order valence-corrected chi connectivity index (χ0v) is 19.3. The Morgan fingerprint density at radius 1 is 0.967 bits per heavy atom. The van der Waals surface area contributed by atoms with Crippen LogP contribution in [0.1, 0.15) is 79.1 Å². The highest BCUT2D eigenvalue weighted by molar-refractivity contribution is 5.66. The molecule has 5 nitrogen and oxygen atoms in total. The maximum absolute atomic E-state index is 11.7. The Morgan fingerprint density at radius 2 is 1.70 bits per heavy atom. The van der Waals surface area contributed by atoms with Gasteiger partial charge < -0.3 is 14.2 Å². The third-order valence-electron chi connectivity index (χ3n) is 9.10.